The number of hydrogen-bond donors (Lipinski definition) is 0. The van der Waals surface area contributed by atoms with E-state index in [-0.39, 0.29) is 11.7 Å². The van der Waals surface area contributed by atoms with Crippen LogP contribution >= 0.6 is 0 Å². The highest BCUT2D eigenvalue weighted by Crippen LogP contribution is 2.18. The molecule has 2 amide bonds. The number of rotatable bonds is 2. The van der Waals surface area contributed by atoms with Crippen molar-refractivity contribution < 1.29 is 9.72 Å². The quantitative estimate of drug-likeness (QED) is 0.566. The van der Waals surface area contributed by atoms with Gasteiger partial charge in [-0.3, -0.25) is 15.0 Å². The summed E-state index contributed by atoms with van der Waals surface area (Å²) in [5, 5.41) is 10.4. The Hall–Kier alpha value is -2.11. The molecule has 0 aromatic heterocycles. The zero-order valence-corrected chi connectivity index (χ0v) is 9.38. The number of benzene rings is 1. The summed E-state index contributed by atoms with van der Waals surface area (Å²) in [6.45, 7) is 0. The minimum absolute atomic E-state index is 0.00875. The SMILES string of the molecule is CN(C)C(=O)N(C)c1ccc([N+](=O)[O-])cc1. The van der Waals surface area contributed by atoms with Gasteiger partial charge in [-0.1, -0.05) is 0 Å². The van der Waals surface area contributed by atoms with Gasteiger partial charge in [0.15, 0.2) is 0 Å². The highest BCUT2D eigenvalue weighted by atomic mass is 16.6. The molecule has 0 aliphatic heterocycles. The topological polar surface area (TPSA) is 66.7 Å². The van der Waals surface area contributed by atoms with Crippen molar-refractivity contribution in [3.63, 3.8) is 0 Å². The first-order valence-electron chi connectivity index (χ1n) is 4.63. The van der Waals surface area contributed by atoms with E-state index < -0.39 is 4.92 Å². The molecule has 0 aliphatic rings. The second-order valence-corrected chi connectivity index (χ2v) is 3.51. The fourth-order valence-electron chi connectivity index (χ4n) is 1.21. The first kappa shape index (κ1) is 12.0. The molecule has 0 spiro atoms. The van der Waals surface area contributed by atoms with Crippen molar-refractivity contribution in [1.82, 2.24) is 4.90 Å². The van der Waals surface area contributed by atoms with Crippen molar-refractivity contribution >= 4 is 17.4 Å². The average Bonchev–Trinajstić information content (AvgIpc) is 2.27. The second-order valence-electron chi connectivity index (χ2n) is 3.51. The zero-order chi connectivity index (χ0) is 12.3. The number of nitrogens with zero attached hydrogens (tertiary/aromatic N) is 3. The van der Waals surface area contributed by atoms with Gasteiger partial charge in [0.05, 0.1) is 4.92 Å². The van der Waals surface area contributed by atoms with Crippen LogP contribution in [0.5, 0.6) is 0 Å². The lowest BCUT2D eigenvalue weighted by Gasteiger charge is -2.21. The zero-order valence-electron chi connectivity index (χ0n) is 9.38. The van der Waals surface area contributed by atoms with E-state index in [0.717, 1.165) is 0 Å². The summed E-state index contributed by atoms with van der Waals surface area (Å²) in [7, 11) is 4.90. The Labute approximate surface area is 93.2 Å². The third-order valence-corrected chi connectivity index (χ3v) is 2.12. The van der Waals surface area contributed by atoms with Crippen LogP contribution in [0.2, 0.25) is 0 Å². The monoisotopic (exact) mass is 223 g/mol. The van der Waals surface area contributed by atoms with E-state index in [1.54, 1.807) is 33.3 Å². The summed E-state index contributed by atoms with van der Waals surface area (Å²) < 4.78 is 0. The molecule has 0 unspecified atom stereocenters. The van der Waals surface area contributed by atoms with Gasteiger partial charge in [0.25, 0.3) is 5.69 Å². The molecular formula is C10H13N3O3. The van der Waals surface area contributed by atoms with E-state index in [1.807, 2.05) is 0 Å². The van der Waals surface area contributed by atoms with Gasteiger partial charge in [-0.15, -0.1) is 0 Å². The number of amides is 2. The molecule has 0 aliphatic carbocycles. The molecule has 1 aromatic carbocycles. The van der Waals surface area contributed by atoms with Crippen molar-refractivity contribution in [3.8, 4) is 0 Å². The standard InChI is InChI=1S/C10H13N3O3/c1-11(2)10(14)12(3)8-4-6-9(7-5-8)13(15)16/h4-7H,1-3H3. The largest absolute Gasteiger partial charge is 0.330 e. The Bertz CT molecular complexity index is 400. The van der Waals surface area contributed by atoms with Crippen molar-refractivity contribution in [2.75, 3.05) is 26.0 Å². The van der Waals surface area contributed by atoms with Gasteiger partial charge >= 0.3 is 6.03 Å². The molecular weight excluding hydrogens is 210 g/mol. The summed E-state index contributed by atoms with van der Waals surface area (Å²) in [5.74, 6) is 0. The molecule has 0 saturated heterocycles. The molecule has 0 atom stereocenters. The van der Waals surface area contributed by atoms with Crippen molar-refractivity contribution in [3.05, 3.63) is 34.4 Å². The summed E-state index contributed by atoms with van der Waals surface area (Å²) >= 11 is 0. The molecule has 6 heteroatoms. The fourth-order valence-corrected chi connectivity index (χ4v) is 1.21. The molecule has 86 valence electrons. The van der Waals surface area contributed by atoms with E-state index >= 15 is 0 Å². The molecule has 0 bridgehead atoms. The van der Waals surface area contributed by atoms with E-state index in [1.165, 1.54) is 21.9 Å². The van der Waals surface area contributed by atoms with Gasteiger partial charge in [0.1, 0.15) is 0 Å². The first-order chi connectivity index (χ1) is 7.43. The molecule has 16 heavy (non-hydrogen) atoms. The van der Waals surface area contributed by atoms with E-state index in [4.69, 9.17) is 0 Å². The average molecular weight is 223 g/mol. The molecule has 0 N–H and O–H groups in total. The smallest absolute Gasteiger partial charge is 0.323 e. The third kappa shape index (κ3) is 2.47. The molecule has 1 rings (SSSR count). The number of urea groups is 1. The Morgan fingerprint density at radius 3 is 2.06 bits per heavy atom. The lowest BCUT2D eigenvalue weighted by atomic mass is 10.2. The Morgan fingerprint density at radius 2 is 1.69 bits per heavy atom. The van der Waals surface area contributed by atoms with Crippen LogP contribution in [0.3, 0.4) is 0 Å². The molecule has 1 aromatic rings. The summed E-state index contributed by atoms with van der Waals surface area (Å²) in [4.78, 5) is 24.4. The van der Waals surface area contributed by atoms with Gasteiger partial charge in [0, 0.05) is 39.0 Å². The number of carbonyl (C=O) groups excluding carboxylic acids is 1. The van der Waals surface area contributed by atoms with Gasteiger partial charge < -0.3 is 4.90 Å². The molecule has 0 saturated carbocycles. The van der Waals surface area contributed by atoms with Crippen LogP contribution in [0.4, 0.5) is 16.2 Å². The van der Waals surface area contributed by atoms with Crippen LogP contribution < -0.4 is 4.90 Å². The second kappa shape index (κ2) is 4.61. The van der Waals surface area contributed by atoms with E-state index in [2.05, 4.69) is 0 Å². The summed E-state index contributed by atoms with van der Waals surface area (Å²) in [5.41, 5.74) is 0.624. The van der Waals surface area contributed by atoms with Gasteiger partial charge in [-0.05, 0) is 12.1 Å². The van der Waals surface area contributed by atoms with Gasteiger partial charge in [-0.25, -0.2) is 4.79 Å². The number of carbonyl (C=O) groups is 1. The predicted octanol–water partition coefficient (Wildman–Crippen LogP) is 1.71. The van der Waals surface area contributed by atoms with Crippen LogP contribution in [-0.2, 0) is 0 Å². The van der Waals surface area contributed by atoms with Crippen LogP contribution in [0.1, 0.15) is 0 Å². The van der Waals surface area contributed by atoms with E-state index in [9.17, 15) is 14.9 Å². The molecule has 0 radical (unpaired) electrons. The summed E-state index contributed by atoms with van der Waals surface area (Å²) in [6.07, 6.45) is 0. The molecule has 0 fully saturated rings. The van der Waals surface area contributed by atoms with Crippen LogP contribution in [0, 0.1) is 10.1 Å². The van der Waals surface area contributed by atoms with Crippen molar-refractivity contribution in [2.45, 2.75) is 0 Å². The Balaban J connectivity index is 2.89. The molecule has 6 nitrogen and oxygen atoms in total. The number of nitro benzene ring substituents is 1. The Morgan fingerprint density at radius 1 is 1.19 bits per heavy atom. The van der Waals surface area contributed by atoms with Crippen molar-refractivity contribution in [2.24, 2.45) is 0 Å². The molecule has 0 heterocycles. The maximum absolute atomic E-state index is 11.6. The maximum atomic E-state index is 11.6. The lowest BCUT2D eigenvalue weighted by molar-refractivity contribution is -0.384. The van der Waals surface area contributed by atoms with Crippen molar-refractivity contribution in [1.29, 1.82) is 0 Å². The van der Waals surface area contributed by atoms with Gasteiger partial charge in [-0.2, -0.15) is 0 Å². The maximum Gasteiger partial charge on any atom is 0.323 e. The van der Waals surface area contributed by atoms with Crippen LogP contribution in [0.25, 0.3) is 0 Å². The van der Waals surface area contributed by atoms with Crippen LogP contribution in [0.15, 0.2) is 24.3 Å². The number of hydrogen-bond acceptors (Lipinski definition) is 3. The lowest BCUT2D eigenvalue weighted by Crippen LogP contribution is -2.36. The van der Waals surface area contributed by atoms with Gasteiger partial charge in [0.2, 0.25) is 0 Å². The number of nitro groups is 1. The number of anilines is 1. The van der Waals surface area contributed by atoms with E-state index in [0.29, 0.717) is 5.69 Å². The first-order valence-corrected chi connectivity index (χ1v) is 4.63. The minimum atomic E-state index is -0.475. The predicted molar refractivity (Wildman–Crippen MR) is 60.6 cm³/mol. The Kier molecular flexibility index (Phi) is 3.44. The highest BCUT2D eigenvalue weighted by molar-refractivity contribution is 5.91. The highest BCUT2D eigenvalue weighted by Gasteiger charge is 2.13. The minimum Gasteiger partial charge on any atom is -0.330 e. The van der Waals surface area contributed by atoms with Crippen LogP contribution in [-0.4, -0.2) is 37.0 Å². The third-order valence-electron chi connectivity index (χ3n) is 2.12. The fraction of sp³-hybridized carbons (Fsp3) is 0.300. The normalized spacial score (nSPS) is 9.69. The number of non-ortho nitro benzene ring substituents is 1. The summed E-state index contributed by atoms with van der Waals surface area (Å²) in [6, 6.07) is 5.64.